The van der Waals surface area contributed by atoms with Crippen molar-refractivity contribution in [2.24, 2.45) is 0 Å². The van der Waals surface area contributed by atoms with E-state index < -0.39 is 0 Å². The monoisotopic (exact) mass is 309 g/mol. The van der Waals surface area contributed by atoms with Gasteiger partial charge in [0.2, 0.25) is 5.91 Å². The topological polar surface area (TPSA) is 55.8 Å². The highest BCUT2D eigenvalue weighted by Gasteiger charge is 2.32. The summed E-state index contributed by atoms with van der Waals surface area (Å²) in [5.41, 5.74) is 1.54. The highest BCUT2D eigenvalue weighted by Crippen LogP contribution is 2.38. The van der Waals surface area contributed by atoms with E-state index in [2.05, 4.69) is 4.74 Å². The lowest BCUT2D eigenvalue weighted by molar-refractivity contribution is -0.128. The van der Waals surface area contributed by atoms with Crippen molar-refractivity contribution in [1.29, 1.82) is 0 Å². The second-order valence-electron chi connectivity index (χ2n) is 4.71. The van der Waals surface area contributed by atoms with Crippen LogP contribution in [0.1, 0.15) is 27.7 Å². The molecule has 6 heteroatoms. The molecule has 1 aliphatic heterocycles. The number of nitrogens with zero attached hydrogens (tertiary/aromatic N) is 1. The minimum absolute atomic E-state index is 0.0149. The maximum atomic E-state index is 12.0. The predicted octanol–water partition coefficient (Wildman–Crippen LogP) is 2.08. The first-order chi connectivity index (χ1) is 10.2. The van der Waals surface area contributed by atoms with Gasteiger partial charge >= 0.3 is 5.97 Å². The second-order valence-corrected chi connectivity index (χ2v) is 5.78. The van der Waals surface area contributed by atoms with Crippen molar-refractivity contribution in [2.45, 2.75) is 11.8 Å². The Balaban J connectivity index is 2.08. The Kier molecular flexibility index (Phi) is 5.64. The van der Waals surface area contributed by atoms with Crippen LogP contribution < -0.4 is 0 Å². The number of ether oxygens (including phenoxy) is 2. The molecule has 1 aromatic rings. The third kappa shape index (κ3) is 3.77. The average molecular weight is 309 g/mol. The molecule has 0 aromatic heterocycles. The van der Waals surface area contributed by atoms with Crippen molar-refractivity contribution in [3.63, 3.8) is 0 Å². The summed E-state index contributed by atoms with van der Waals surface area (Å²) in [5, 5.41) is 0.0149. The third-order valence-electron chi connectivity index (χ3n) is 3.33. The van der Waals surface area contributed by atoms with E-state index in [1.807, 2.05) is 17.0 Å². The van der Waals surface area contributed by atoms with Crippen molar-refractivity contribution in [2.75, 3.05) is 33.1 Å². The van der Waals surface area contributed by atoms with Gasteiger partial charge in [-0.15, -0.1) is 11.8 Å². The largest absolute Gasteiger partial charge is 0.465 e. The van der Waals surface area contributed by atoms with Crippen molar-refractivity contribution in [3.8, 4) is 0 Å². The van der Waals surface area contributed by atoms with Crippen LogP contribution in [0, 0.1) is 0 Å². The molecule has 5 nitrogen and oxygen atoms in total. The summed E-state index contributed by atoms with van der Waals surface area (Å²) < 4.78 is 9.72. The van der Waals surface area contributed by atoms with E-state index >= 15 is 0 Å². The van der Waals surface area contributed by atoms with Crippen molar-refractivity contribution in [3.05, 3.63) is 35.4 Å². The molecule has 0 N–H and O–H groups in total. The minimum Gasteiger partial charge on any atom is -0.465 e. The van der Waals surface area contributed by atoms with E-state index in [0.717, 1.165) is 12.0 Å². The van der Waals surface area contributed by atoms with Gasteiger partial charge in [-0.3, -0.25) is 4.79 Å². The van der Waals surface area contributed by atoms with Gasteiger partial charge in [0.05, 0.1) is 18.4 Å². The molecule has 1 unspecified atom stereocenters. The van der Waals surface area contributed by atoms with Gasteiger partial charge in [0, 0.05) is 20.3 Å². The number of benzene rings is 1. The van der Waals surface area contributed by atoms with Gasteiger partial charge in [-0.05, 0) is 24.1 Å². The van der Waals surface area contributed by atoms with Crippen molar-refractivity contribution in [1.82, 2.24) is 4.90 Å². The zero-order chi connectivity index (χ0) is 15.2. The average Bonchev–Trinajstić information content (AvgIpc) is 2.88. The molecule has 1 aliphatic rings. The molecule has 0 bridgehead atoms. The fourth-order valence-corrected chi connectivity index (χ4v) is 3.47. The van der Waals surface area contributed by atoms with E-state index in [-0.39, 0.29) is 17.3 Å². The van der Waals surface area contributed by atoms with Crippen LogP contribution in [-0.2, 0) is 14.3 Å². The van der Waals surface area contributed by atoms with Crippen molar-refractivity contribution < 1.29 is 19.1 Å². The maximum absolute atomic E-state index is 12.0. The minimum atomic E-state index is -0.353. The lowest BCUT2D eigenvalue weighted by Crippen LogP contribution is -2.29. The van der Waals surface area contributed by atoms with Crippen molar-refractivity contribution >= 4 is 23.6 Å². The van der Waals surface area contributed by atoms with Gasteiger partial charge in [0.25, 0.3) is 0 Å². The molecule has 1 amide bonds. The summed E-state index contributed by atoms with van der Waals surface area (Å²) in [5.74, 6) is 0.294. The first-order valence-electron chi connectivity index (χ1n) is 6.75. The van der Waals surface area contributed by atoms with Crippen LogP contribution in [0.2, 0.25) is 0 Å². The summed E-state index contributed by atoms with van der Waals surface area (Å²) in [6.45, 7) is 1.32. The molecule has 1 aromatic carbocycles. The Hall–Kier alpha value is -1.53. The molecule has 1 saturated heterocycles. The normalized spacial score (nSPS) is 18.1. The SMILES string of the molecule is COCCCN1C(=O)CSC1c1ccc(C(=O)OC)cc1. The first kappa shape index (κ1) is 15.9. The molecule has 1 fully saturated rings. The number of methoxy groups -OCH3 is 2. The standard InChI is InChI=1S/C15H19NO4S/c1-19-9-3-8-16-13(17)10-21-14(16)11-4-6-12(7-5-11)15(18)20-2/h4-7,14H,3,8-10H2,1-2H3. The van der Waals surface area contributed by atoms with Crippen LogP contribution in [0.15, 0.2) is 24.3 Å². The van der Waals surface area contributed by atoms with Gasteiger partial charge in [0.1, 0.15) is 5.37 Å². The van der Waals surface area contributed by atoms with Gasteiger partial charge in [-0.25, -0.2) is 4.79 Å². The van der Waals surface area contributed by atoms with Gasteiger partial charge < -0.3 is 14.4 Å². The smallest absolute Gasteiger partial charge is 0.337 e. The summed E-state index contributed by atoms with van der Waals surface area (Å²) in [7, 11) is 3.02. The Morgan fingerprint density at radius 3 is 2.67 bits per heavy atom. The fourth-order valence-electron chi connectivity index (χ4n) is 2.25. The summed E-state index contributed by atoms with van der Waals surface area (Å²) in [6.07, 6.45) is 0.819. The van der Waals surface area contributed by atoms with E-state index in [0.29, 0.717) is 24.5 Å². The molecule has 0 radical (unpaired) electrons. The molecular weight excluding hydrogens is 290 g/mol. The Morgan fingerprint density at radius 2 is 2.05 bits per heavy atom. The highest BCUT2D eigenvalue weighted by atomic mass is 32.2. The van der Waals surface area contributed by atoms with E-state index in [4.69, 9.17) is 4.74 Å². The number of hydrogen-bond donors (Lipinski definition) is 0. The molecule has 1 atom stereocenters. The molecule has 0 saturated carbocycles. The number of esters is 1. The number of amides is 1. The molecule has 1 heterocycles. The van der Waals surface area contributed by atoms with Gasteiger partial charge in [0.15, 0.2) is 0 Å². The zero-order valence-corrected chi connectivity index (χ0v) is 13.0. The quantitative estimate of drug-likeness (QED) is 0.595. The van der Waals surface area contributed by atoms with Gasteiger partial charge in [-0.2, -0.15) is 0 Å². The number of thioether (sulfide) groups is 1. The Morgan fingerprint density at radius 1 is 1.33 bits per heavy atom. The second kappa shape index (κ2) is 7.47. The summed E-state index contributed by atoms with van der Waals surface area (Å²) in [6, 6.07) is 7.23. The lowest BCUT2D eigenvalue weighted by Gasteiger charge is -2.24. The molecule has 2 rings (SSSR count). The molecule has 114 valence electrons. The molecular formula is C15H19NO4S. The Bertz CT molecular complexity index is 503. The van der Waals surface area contributed by atoms with Gasteiger partial charge in [-0.1, -0.05) is 12.1 Å². The van der Waals surface area contributed by atoms with E-state index in [1.165, 1.54) is 7.11 Å². The molecule has 0 aliphatic carbocycles. The third-order valence-corrected chi connectivity index (χ3v) is 4.59. The van der Waals surface area contributed by atoms with E-state index in [9.17, 15) is 9.59 Å². The maximum Gasteiger partial charge on any atom is 0.337 e. The number of hydrogen-bond acceptors (Lipinski definition) is 5. The fraction of sp³-hybridized carbons (Fsp3) is 0.467. The molecule has 21 heavy (non-hydrogen) atoms. The van der Waals surface area contributed by atoms with Crippen LogP contribution in [0.3, 0.4) is 0 Å². The summed E-state index contributed by atoms with van der Waals surface area (Å²) in [4.78, 5) is 25.3. The number of carbonyl (C=O) groups is 2. The van der Waals surface area contributed by atoms with Crippen LogP contribution in [0.4, 0.5) is 0 Å². The van der Waals surface area contributed by atoms with E-state index in [1.54, 1.807) is 31.0 Å². The Labute approximate surface area is 128 Å². The number of rotatable bonds is 6. The summed E-state index contributed by atoms with van der Waals surface area (Å²) >= 11 is 1.61. The first-order valence-corrected chi connectivity index (χ1v) is 7.80. The van der Waals surface area contributed by atoms with Crippen LogP contribution in [0.25, 0.3) is 0 Å². The lowest BCUT2D eigenvalue weighted by atomic mass is 10.1. The highest BCUT2D eigenvalue weighted by molar-refractivity contribution is 8.00. The number of carbonyl (C=O) groups excluding carboxylic acids is 2. The van der Waals surface area contributed by atoms with Crippen LogP contribution >= 0.6 is 11.8 Å². The van der Waals surface area contributed by atoms with Crippen LogP contribution in [-0.4, -0.2) is 49.9 Å². The predicted molar refractivity (Wildman–Crippen MR) is 81.2 cm³/mol. The molecule has 0 spiro atoms. The zero-order valence-electron chi connectivity index (χ0n) is 12.2. The van der Waals surface area contributed by atoms with Crippen LogP contribution in [0.5, 0.6) is 0 Å².